The summed E-state index contributed by atoms with van der Waals surface area (Å²) in [5.74, 6) is 0.325. The zero-order chi connectivity index (χ0) is 10.8. The highest BCUT2D eigenvalue weighted by Crippen LogP contribution is 2.28. The first-order valence-electron chi connectivity index (χ1n) is 3.89. The maximum Gasteiger partial charge on any atom is 0.284 e. The SMILES string of the molecule is O=[N+]([O-])c1cc(-c2ncon2)ccc1Br. The van der Waals surface area contributed by atoms with Gasteiger partial charge in [-0.1, -0.05) is 5.16 Å². The van der Waals surface area contributed by atoms with E-state index in [4.69, 9.17) is 0 Å². The summed E-state index contributed by atoms with van der Waals surface area (Å²) in [5, 5.41) is 14.2. The Morgan fingerprint density at radius 3 is 2.87 bits per heavy atom. The molecule has 0 amide bonds. The molecule has 2 aromatic rings. The standard InChI is InChI=1S/C8H4BrN3O3/c9-6-2-1-5(3-7(6)12(13)14)8-10-4-15-11-8/h1-4H. The second-order valence-corrected chi connectivity index (χ2v) is 3.53. The highest BCUT2D eigenvalue weighted by molar-refractivity contribution is 9.10. The predicted molar refractivity (Wildman–Crippen MR) is 54.1 cm³/mol. The summed E-state index contributed by atoms with van der Waals surface area (Å²) < 4.78 is 4.97. The van der Waals surface area contributed by atoms with Gasteiger partial charge in [0.1, 0.15) is 0 Å². The largest absolute Gasteiger partial charge is 0.342 e. The van der Waals surface area contributed by atoms with Gasteiger partial charge in [-0.15, -0.1) is 0 Å². The van der Waals surface area contributed by atoms with Crippen LogP contribution in [0.1, 0.15) is 0 Å². The molecule has 0 spiro atoms. The summed E-state index contributed by atoms with van der Waals surface area (Å²) in [4.78, 5) is 14.0. The van der Waals surface area contributed by atoms with Crippen molar-refractivity contribution in [2.24, 2.45) is 0 Å². The van der Waals surface area contributed by atoms with Crippen LogP contribution in [0.5, 0.6) is 0 Å². The lowest BCUT2D eigenvalue weighted by Gasteiger charge is -1.97. The minimum absolute atomic E-state index is 0.0303. The van der Waals surface area contributed by atoms with Gasteiger partial charge in [0.05, 0.1) is 9.40 Å². The molecule has 1 aromatic carbocycles. The van der Waals surface area contributed by atoms with Crippen LogP contribution in [-0.4, -0.2) is 15.1 Å². The lowest BCUT2D eigenvalue weighted by atomic mass is 10.2. The zero-order valence-corrected chi connectivity index (χ0v) is 8.84. The number of hydrogen-bond acceptors (Lipinski definition) is 5. The van der Waals surface area contributed by atoms with E-state index < -0.39 is 4.92 Å². The monoisotopic (exact) mass is 269 g/mol. The number of nitro benzene ring substituents is 1. The highest BCUT2D eigenvalue weighted by atomic mass is 79.9. The van der Waals surface area contributed by atoms with Crippen LogP contribution in [0.15, 0.2) is 33.6 Å². The summed E-state index contributed by atoms with van der Waals surface area (Å²) in [5.41, 5.74) is 0.510. The predicted octanol–water partition coefficient (Wildman–Crippen LogP) is 2.41. The van der Waals surface area contributed by atoms with E-state index in [1.807, 2.05) is 0 Å². The molecule has 15 heavy (non-hydrogen) atoms. The third-order valence-electron chi connectivity index (χ3n) is 1.76. The molecule has 0 atom stereocenters. The van der Waals surface area contributed by atoms with Crippen LogP contribution in [0.25, 0.3) is 11.4 Å². The normalized spacial score (nSPS) is 10.2. The smallest absolute Gasteiger partial charge is 0.284 e. The molecule has 0 fully saturated rings. The molecular weight excluding hydrogens is 266 g/mol. The molecule has 0 bridgehead atoms. The molecule has 0 unspecified atom stereocenters. The van der Waals surface area contributed by atoms with Crippen molar-refractivity contribution in [2.75, 3.05) is 0 Å². The van der Waals surface area contributed by atoms with Crippen LogP contribution in [0.3, 0.4) is 0 Å². The van der Waals surface area contributed by atoms with E-state index in [0.29, 0.717) is 15.9 Å². The van der Waals surface area contributed by atoms with Crippen LogP contribution in [-0.2, 0) is 0 Å². The van der Waals surface area contributed by atoms with Crippen molar-refractivity contribution < 1.29 is 9.45 Å². The Morgan fingerprint density at radius 2 is 2.27 bits per heavy atom. The maximum absolute atomic E-state index is 10.7. The summed E-state index contributed by atoms with van der Waals surface area (Å²) in [6.45, 7) is 0. The van der Waals surface area contributed by atoms with Crippen molar-refractivity contribution in [1.29, 1.82) is 0 Å². The number of rotatable bonds is 2. The highest BCUT2D eigenvalue weighted by Gasteiger charge is 2.14. The van der Waals surface area contributed by atoms with Crippen molar-refractivity contribution in [3.8, 4) is 11.4 Å². The summed E-state index contributed by atoms with van der Waals surface area (Å²) in [6, 6.07) is 4.63. The average molecular weight is 270 g/mol. The van der Waals surface area contributed by atoms with Crippen molar-refractivity contribution in [2.45, 2.75) is 0 Å². The lowest BCUT2D eigenvalue weighted by Crippen LogP contribution is -1.90. The molecule has 0 aliphatic rings. The van der Waals surface area contributed by atoms with Crippen molar-refractivity contribution in [3.63, 3.8) is 0 Å². The molecule has 2 rings (SSSR count). The molecule has 0 aliphatic heterocycles. The van der Waals surface area contributed by atoms with E-state index >= 15 is 0 Å². The number of nitro groups is 1. The molecule has 0 aliphatic carbocycles. The number of aromatic nitrogens is 2. The molecule has 7 heteroatoms. The van der Waals surface area contributed by atoms with Gasteiger partial charge in [-0.05, 0) is 28.1 Å². The van der Waals surface area contributed by atoms with Gasteiger partial charge < -0.3 is 4.52 Å². The molecule has 6 nitrogen and oxygen atoms in total. The van der Waals surface area contributed by atoms with E-state index in [1.54, 1.807) is 12.1 Å². The Labute approximate surface area is 92.2 Å². The first-order chi connectivity index (χ1) is 7.18. The minimum atomic E-state index is -0.479. The van der Waals surface area contributed by atoms with E-state index in [0.717, 1.165) is 0 Å². The quantitative estimate of drug-likeness (QED) is 0.618. The van der Waals surface area contributed by atoms with Gasteiger partial charge in [-0.2, -0.15) is 4.98 Å². The van der Waals surface area contributed by atoms with E-state index in [2.05, 4.69) is 30.6 Å². The molecular formula is C8H4BrN3O3. The fourth-order valence-corrected chi connectivity index (χ4v) is 1.48. The number of nitrogens with zero attached hydrogens (tertiary/aromatic N) is 3. The second kappa shape index (κ2) is 3.77. The van der Waals surface area contributed by atoms with Crippen LogP contribution < -0.4 is 0 Å². The van der Waals surface area contributed by atoms with Crippen LogP contribution in [0.2, 0.25) is 0 Å². The van der Waals surface area contributed by atoms with Crippen LogP contribution in [0, 0.1) is 10.1 Å². The van der Waals surface area contributed by atoms with Gasteiger partial charge in [0.2, 0.25) is 12.2 Å². The summed E-state index contributed by atoms with van der Waals surface area (Å²) >= 11 is 3.09. The van der Waals surface area contributed by atoms with Crippen molar-refractivity contribution in [3.05, 3.63) is 39.2 Å². The fraction of sp³-hybridized carbons (Fsp3) is 0. The van der Waals surface area contributed by atoms with Gasteiger partial charge in [-0.25, -0.2) is 0 Å². The molecule has 0 saturated carbocycles. The van der Waals surface area contributed by atoms with Gasteiger partial charge in [0, 0.05) is 11.6 Å². The Hall–Kier alpha value is -1.76. The molecule has 0 N–H and O–H groups in total. The van der Waals surface area contributed by atoms with E-state index in [1.165, 1.54) is 12.5 Å². The third kappa shape index (κ3) is 1.86. The number of halogens is 1. The van der Waals surface area contributed by atoms with Gasteiger partial charge >= 0.3 is 0 Å². The van der Waals surface area contributed by atoms with Gasteiger partial charge in [0.25, 0.3) is 5.69 Å². The van der Waals surface area contributed by atoms with E-state index in [-0.39, 0.29) is 5.69 Å². The van der Waals surface area contributed by atoms with Crippen molar-refractivity contribution >= 4 is 21.6 Å². The van der Waals surface area contributed by atoms with Gasteiger partial charge in [-0.3, -0.25) is 10.1 Å². The maximum atomic E-state index is 10.7. The molecule has 0 saturated heterocycles. The Balaban J connectivity index is 2.52. The third-order valence-corrected chi connectivity index (χ3v) is 2.43. The number of benzene rings is 1. The molecule has 1 aromatic heterocycles. The Bertz CT molecular complexity index is 498. The van der Waals surface area contributed by atoms with Crippen LogP contribution >= 0.6 is 15.9 Å². The van der Waals surface area contributed by atoms with Crippen LogP contribution in [0.4, 0.5) is 5.69 Å². The lowest BCUT2D eigenvalue weighted by molar-refractivity contribution is -0.385. The Morgan fingerprint density at radius 1 is 1.47 bits per heavy atom. The first-order valence-corrected chi connectivity index (χ1v) is 4.68. The first kappa shape index (κ1) is 9.78. The van der Waals surface area contributed by atoms with Gasteiger partial charge in [0.15, 0.2) is 0 Å². The minimum Gasteiger partial charge on any atom is -0.342 e. The zero-order valence-electron chi connectivity index (χ0n) is 7.25. The second-order valence-electron chi connectivity index (χ2n) is 2.68. The molecule has 1 heterocycles. The molecule has 76 valence electrons. The van der Waals surface area contributed by atoms with E-state index in [9.17, 15) is 10.1 Å². The summed E-state index contributed by atoms with van der Waals surface area (Å²) in [7, 11) is 0. The average Bonchev–Trinajstić information content (AvgIpc) is 2.71. The topological polar surface area (TPSA) is 82.1 Å². The Kier molecular flexibility index (Phi) is 2.46. The summed E-state index contributed by atoms with van der Waals surface area (Å²) in [6.07, 6.45) is 1.17. The number of hydrogen-bond donors (Lipinski definition) is 0. The molecule has 0 radical (unpaired) electrons. The fourth-order valence-electron chi connectivity index (χ4n) is 1.09. The van der Waals surface area contributed by atoms with Crippen molar-refractivity contribution in [1.82, 2.24) is 10.1 Å².